The molecule has 0 saturated carbocycles. The molecule has 0 amide bonds. The first kappa shape index (κ1) is 25.4. The molecule has 2 aromatic heterocycles. The van der Waals surface area contributed by atoms with Gasteiger partial charge in [-0.25, -0.2) is 0 Å². The van der Waals surface area contributed by atoms with Crippen LogP contribution in [0.4, 0.5) is 17.1 Å². The summed E-state index contributed by atoms with van der Waals surface area (Å²) in [5.74, 6) is 0. The van der Waals surface area contributed by atoms with Crippen LogP contribution in [0.15, 0.2) is 173 Å². The van der Waals surface area contributed by atoms with Crippen LogP contribution in [0.25, 0.3) is 66.1 Å². The van der Waals surface area contributed by atoms with E-state index >= 15 is 0 Å². The lowest BCUT2D eigenvalue weighted by Gasteiger charge is -2.29. The molecule has 0 atom stereocenters. The number of hydrogen-bond donors (Lipinski definition) is 0. The van der Waals surface area contributed by atoms with Crippen molar-refractivity contribution in [3.8, 4) is 22.3 Å². The number of nitrogens with zero attached hydrogens (tertiary/aromatic N) is 1. The van der Waals surface area contributed by atoms with E-state index in [4.69, 9.17) is 8.83 Å². The molecule has 2 heterocycles. The lowest BCUT2D eigenvalue weighted by atomic mass is 9.97. The molecular weight excluding hydrogens is 550 g/mol. The van der Waals surface area contributed by atoms with Crippen molar-refractivity contribution >= 4 is 60.9 Å². The van der Waals surface area contributed by atoms with Crippen LogP contribution >= 0.6 is 0 Å². The van der Waals surface area contributed by atoms with Crippen molar-refractivity contribution in [3.63, 3.8) is 0 Å². The molecule has 3 nitrogen and oxygen atoms in total. The average molecular weight is 578 g/mol. The monoisotopic (exact) mass is 577 g/mol. The number of furan rings is 2. The van der Waals surface area contributed by atoms with Crippen molar-refractivity contribution in [2.45, 2.75) is 0 Å². The Morgan fingerprint density at radius 1 is 0.333 bits per heavy atom. The summed E-state index contributed by atoms with van der Waals surface area (Å²) < 4.78 is 13.2. The van der Waals surface area contributed by atoms with E-state index in [1.807, 2.05) is 18.2 Å². The maximum atomic E-state index is 6.83. The highest BCUT2D eigenvalue weighted by Crippen LogP contribution is 2.50. The van der Waals surface area contributed by atoms with E-state index < -0.39 is 0 Å². The van der Waals surface area contributed by atoms with Gasteiger partial charge in [0.2, 0.25) is 0 Å². The van der Waals surface area contributed by atoms with Gasteiger partial charge >= 0.3 is 0 Å². The molecular formula is C42H27NO2. The van der Waals surface area contributed by atoms with Gasteiger partial charge in [0.05, 0.1) is 22.4 Å². The fourth-order valence-corrected chi connectivity index (χ4v) is 6.71. The van der Waals surface area contributed by atoms with Gasteiger partial charge in [0.15, 0.2) is 5.58 Å². The molecule has 45 heavy (non-hydrogen) atoms. The van der Waals surface area contributed by atoms with Crippen LogP contribution in [-0.2, 0) is 0 Å². The quantitative estimate of drug-likeness (QED) is 0.204. The van der Waals surface area contributed by atoms with Gasteiger partial charge in [0.25, 0.3) is 0 Å². The SMILES string of the molecule is c1ccc(-c2ccccc2N(c2ccc(-c3ccccc3)c3c2oc2ccccc23)c2cccc3oc4ccccc4c23)cc1. The summed E-state index contributed by atoms with van der Waals surface area (Å²) >= 11 is 0. The molecule has 0 bridgehead atoms. The van der Waals surface area contributed by atoms with E-state index in [0.717, 1.165) is 83.2 Å². The van der Waals surface area contributed by atoms with Crippen LogP contribution in [0.3, 0.4) is 0 Å². The molecule has 0 aliphatic carbocycles. The van der Waals surface area contributed by atoms with E-state index in [9.17, 15) is 0 Å². The van der Waals surface area contributed by atoms with Crippen molar-refractivity contribution in [2.24, 2.45) is 0 Å². The highest BCUT2D eigenvalue weighted by atomic mass is 16.3. The predicted molar refractivity (Wildman–Crippen MR) is 187 cm³/mol. The predicted octanol–water partition coefficient (Wildman–Crippen LogP) is 12.3. The van der Waals surface area contributed by atoms with Gasteiger partial charge in [-0.15, -0.1) is 0 Å². The molecule has 0 spiro atoms. The smallest absolute Gasteiger partial charge is 0.160 e. The molecule has 9 rings (SSSR count). The second kappa shape index (κ2) is 10.3. The Balaban J connectivity index is 1.42. The van der Waals surface area contributed by atoms with Crippen LogP contribution in [0.5, 0.6) is 0 Å². The molecule has 0 unspecified atom stereocenters. The van der Waals surface area contributed by atoms with E-state index in [2.05, 4.69) is 150 Å². The number of para-hydroxylation sites is 3. The summed E-state index contributed by atoms with van der Waals surface area (Å²) in [4.78, 5) is 2.35. The zero-order valence-corrected chi connectivity index (χ0v) is 24.4. The van der Waals surface area contributed by atoms with Crippen molar-refractivity contribution in [2.75, 3.05) is 4.90 Å². The minimum absolute atomic E-state index is 0.838. The molecule has 0 radical (unpaired) electrons. The summed E-state index contributed by atoms with van der Waals surface area (Å²) in [6.07, 6.45) is 0. The van der Waals surface area contributed by atoms with E-state index in [0.29, 0.717) is 0 Å². The van der Waals surface area contributed by atoms with Gasteiger partial charge in [-0.2, -0.15) is 0 Å². The Morgan fingerprint density at radius 2 is 0.889 bits per heavy atom. The van der Waals surface area contributed by atoms with Gasteiger partial charge in [-0.05, 0) is 53.1 Å². The number of anilines is 3. The molecule has 0 aliphatic heterocycles. The molecule has 0 saturated heterocycles. The first-order chi connectivity index (χ1) is 22.3. The van der Waals surface area contributed by atoms with E-state index in [-0.39, 0.29) is 0 Å². The van der Waals surface area contributed by atoms with Gasteiger partial charge in [0.1, 0.15) is 16.7 Å². The second-order valence-corrected chi connectivity index (χ2v) is 11.3. The van der Waals surface area contributed by atoms with Crippen LogP contribution in [0.1, 0.15) is 0 Å². The van der Waals surface area contributed by atoms with Crippen molar-refractivity contribution < 1.29 is 8.83 Å². The highest BCUT2D eigenvalue weighted by Gasteiger charge is 2.26. The van der Waals surface area contributed by atoms with Crippen LogP contribution in [-0.4, -0.2) is 0 Å². The lowest BCUT2D eigenvalue weighted by molar-refractivity contribution is 0.668. The summed E-state index contributed by atoms with van der Waals surface area (Å²) in [7, 11) is 0. The number of rotatable bonds is 5. The summed E-state index contributed by atoms with van der Waals surface area (Å²) in [6.45, 7) is 0. The zero-order chi connectivity index (χ0) is 29.7. The standard InChI is InChI=1S/C42H27NO2/c1-3-14-28(15-4-1)30-18-7-10-21-34(30)43(35-22-13-25-39-41(35)33-20-9-11-23-37(33)44-39)36-27-26-31(29-16-5-2-6-17-29)40-32-19-8-12-24-38(32)45-42(36)40/h1-27H. The Labute approximate surface area is 260 Å². The van der Waals surface area contributed by atoms with Crippen molar-refractivity contribution in [3.05, 3.63) is 164 Å². The summed E-state index contributed by atoms with van der Waals surface area (Å²) in [5.41, 5.74) is 11.0. The Morgan fingerprint density at radius 3 is 1.64 bits per heavy atom. The molecule has 0 fully saturated rings. The first-order valence-corrected chi connectivity index (χ1v) is 15.2. The molecule has 3 heteroatoms. The minimum Gasteiger partial charge on any atom is -0.456 e. The number of fused-ring (bicyclic) bond motifs is 6. The topological polar surface area (TPSA) is 29.5 Å². The normalized spacial score (nSPS) is 11.6. The fraction of sp³-hybridized carbons (Fsp3) is 0. The summed E-state index contributed by atoms with van der Waals surface area (Å²) in [6, 6.07) is 57.1. The Kier molecular flexibility index (Phi) is 5.82. The van der Waals surface area contributed by atoms with Crippen molar-refractivity contribution in [1.82, 2.24) is 0 Å². The molecule has 9 aromatic rings. The Hall–Kier alpha value is -6.06. The first-order valence-electron chi connectivity index (χ1n) is 15.2. The van der Waals surface area contributed by atoms with Gasteiger partial charge < -0.3 is 13.7 Å². The van der Waals surface area contributed by atoms with E-state index in [1.54, 1.807) is 0 Å². The van der Waals surface area contributed by atoms with Crippen molar-refractivity contribution in [1.29, 1.82) is 0 Å². The molecule has 0 N–H and O–H groups in total. The van der Waals surface area contributed by atoms with Crippen LogP contribution in [0.2, 0.25) is 0 Å². The zero-order valence-electron chi connectivity index (χ0n) is 24.4. The van der Waals surface area contributed by atoms with Gasteiger partial charge in [0, 0.05) is 21.7 Å². The third-order valence-electron chi connectivity index (χ3n) is 8.68. The lowest BCUT2D eigenvalue weighted by Crippen LogP contribution is -2.12. The second-order valence-electron chi connectivity index (χ2n) is 11.3. The summed E-state index contributed by atoms with van der Waals surface area (Å²) in [5, 5.41) is 4.33. The third kappa shape index (κ3) is 4.05. The largest absolute Gasteiger partial charge is 0.456 e. The minimum atomic E-state index is 0.838. The van der Waals surface area contributed by atoms with E-state index in [1.165, 1.54) is 0 Å². The molecule has 7 aromatic carbocycles. The number of hydrogen-bond acceptors (Lipinski definition) is 3. The molecule has 212 valence electrons. The van der Waals surface area contributed by atoms with Crippen LogP contribution < -0.4 is 4.90 Å². The maximum Gasteiger partial charge on any atom is 0.160 e. The van der Waals surface area contributed by atoms with Crippen LogP contribution in [0, 0.1) is 0 Å². The highest BCUT2D eigenvalue weighted by molar-refractivity contribution is 6.19. The molecule has 0 aliphatic rings. The average Bonchev–Trinajstić information content (AvgIpc) is 3.69. The van der Waals surface area contributed by atoms with Gasteiger partial charge in [-0.3, -0.25) is 0 Å². The third-order valence-corrected chi connectivity index (χ3v) is 8.68. The maximum absolute atomic E-state index is 6.83. The number of benzene rings is 7. The van der Waals surface area contributed by atoms with Gasteiger partial charge in [-0.1, -0.05) is 127 Å². The fourth-order valence-electron chi connectivity index (χ4n) is 6.71. The Bertz CT molecular complexity index is 2490.